The average Bonchev–Trinajstić information content (AvgIpc) is 2.45. The Labute approximate surface area is 102 Å². The lowest BCUT2D eigenvalue weighted by Crippen LogP contribution is -2.40. The molecule has 0 aromatic heterocycles. The van der Waals surface area contributed by atoms with Crippen molar-refractivity contribution in [3.8, 4) is 0 Å². The van der Waals surface area contributed by atoms with Crippen molar-refractivity contribution in [2.24, 2.45) is 23.2 Å². The van der Waals surface area contributed by atoms with Crippen LogP contribution in [0.15, 0.2) is 0 Å². The van der Waals surface area contributed by atoms with E-state index in [4.69, 9.17) is 0 Å². The van der Waals surface area contributed by atoms with Crippen LogP contribution in [0, 0.1) is 23.2 Å². The van der Waals surface area contributed by atoms with Crippen LogP contribution in [0.2, 0.25) is 0 Å². The molecule has 1 nitrogen and oxygen atoms in total. The minimum absolute atomic E-state index is 0.758. The van der Waals surface area contributed by atoms with Crippen LogP contribution in [0.1, 0.15) is 53.4 Å². The smallest absolute Gasteiger partial charge is 0.00388 e. The van der Waals surface area contributed by atoms with Gasteiger partial charge in [0, 0.05) is 13.1 Å². The largest absolute Gasteiger partial charge is 0.303 e. The van der Waals surface area contributed by atoms with Gasteiger partial charge in [0.2, 0.25) is 0 Å². The van der Waals surface area contributed by atoms with Gasteiger partial charge in [-0.3, -0.25) is 0 Å². The summed E-state index contributed by atoms with van der Waals surface area (Å²) in [6, 6.07) is 0. The predicted molar refractivity (Wildman–Crippen MR) is 70.5 cm³/mol. The van der Waals surface area contributed by atoms with Gasteiger partial charge in [0.1, 0.15) is 0 Å². The van der Waals surface area contributed by atoms with Crippen LogP contribution in [0.4, 0.5) is 0 Å². The zero-order chi connectivity index (χ0) is 11.8. The normalized spacial score (nSPS) is 35.2. The van der Waals surface area contributed by atoms with Crippen LogP contribution in [0.25, 0.3) is 0 Å². The molecule has 0 amide bonds. The SMILES string of the molecule is CC(C)CC1CC2(CCN(CC(C)C)C2)C1. The van der Waals surface area contributed by atoms with Gasteiger partial charge in [-0.15, -0.1) is 0 Å². The molecule has 2 fully saturated rings. The molecule has 0 N–H and O–H groups in total. The Balaban J connectivity index is 1.74. The molecule has 1 aliphatic heterocycles. The highest BCUT2D eigenvalue weighted by molar-refractivity contribution is 5.00. The molecule has 1 heterocycles. The molecule has 94 valence electrons. The molecule has 1 aliphatic carbocycles. The van der Waals surface area contributed by atoms with Gasteiger partial charge in [0.05, 0.1) is 0 Å². The summed E-state index contributed by atoms with van der Waals surface area (Å²) in [5, 5.41) is 0. The third-order valence-electron chi connectivity index (χ3n) is 4.39. The van der Waals surface area contributed by atoms with E-state index in [-0.39, 0.29) is 0 Å². The highest BCUT2D eigenvalue weighted by Crippen LogP contribution is 2.53. The zero-order valence-corrected chi connectivity index (χ0v) is 11.6. The van der Waals surface area contributed by atoms with Gasteiger partial charge in [0.25, 0.3) is 0 Å². The van der Waals surface area contributed by atoms with E-state index in [0.717, 1.165) is 23.2 Å². The summed E-state index contributed by atoms with van der Waals surface area (Å²) in [6.45, 7) is 13.5. The maximum atomic E-state index is 2.70. The van der Waals surface area contributed by atoms with E-state index in [1.807, 2.05) is 0 Å². The first-order valence-corrected chi connectivity index (χ1v) is 7.21. The van der Waals surface area contributed by atoms with Crippen molar-refractivity contribution < 1.29 is 0 Å². The molecule has 16 heavy (non-hydrogen) atoms. The van der Waals surface area contributed by atoms with Crippen molar-refractivity contribution in [1.29, 1.82) is 0 Å². The van der Waals surface area contributed by atoms with Gasteiger partial charge in [-0.25, -0.2) is 0 Å². The fourth-order valence-electron chi connectivity index (χ4n) is 4.03. The summed E-state index contributed by atoms with van der Waals surface area (Å²) in [5.74, 6) is 2.79. The Hall–Kier alpha value is -0.0400. The number of hydrogen-bond acceptors (Lipinski definition) is 1. The zero-order valence-electron chi connectivity index (χ0n) is 11.6. The van der Waals surface area contributed by atoms with Crippen molar-refractivity contribution in [1.82, 2.24) is 4.90 Å². The summed E-state index contributed by atoms with van der Waals surface area (Å²) in [5.41, 5.74) is 0.758. The van der Waals surface area contributed by atoms with E-state index in [0.29, 0.717) is 0 Å². The van der Waals surface area contributed by atoms with Gasteiger partial charge < -0.3 is 4.90 Å². The molecule has 0 aromatic carbocycles. The van der Waals surface area contributed by atoms with E-state index < -0.39 is 0 Å². The van der Waals surface area contributed by atoms with Gasteiger partial charge in [-0.2, -0.15) is 0 Å². The average molecular weight is 223 g/mol. The minimum atomic E-state index is 0.758. The fourth-order valence-corrected chi connectivity index (χ4v) is 4.03. The maximum absolute atomic E-state index is 2.70. The monoisotopic (exact) mass is 223 g/mol. The second-order valence-electron chi connectivity index (χ2n) is 7.28. The van der Waals surface area contributed by atoms with Gasteiger partial charge in [-0.1, -0.05) is 27.7 Å². The molecular weight excluding hydrogens is 194 g/mol. The highest BCUT2D eigenvalue weighted by Gasteiger charge is 2.47. The molecule has 1 heteroatoms. The Morgan fingerprint density at radius 1 is 1.12 bits per heavy atom. The van der Waals surface area contributed by atoms with Crippen molar-refractivity contribution in [3.63, 3.8) is 0 Å². The Morgan fingerprint density at radius 3 is 2.38 bits per heavy atom. The summed E-state index contributed by atoms with van der Waals surface area (Å²) in [7, 11) is 0. The topological polar surface area (TPSA) is 3.24 Å². The van der Waals surface area contributed by atoms with Crippen LogP contribution in [-0.4, -0.2) is 24.5 Å². The van der Waals surface area contributed by atoms with Crippen molar-refractivity contribution in [2.75, 3.05) is 19.6 Å². The quantitative estimate of drug-likeness (QED) is 0.701. The van der Waals surface area contributed by atoms with Gasteiger partial charge >= 0.3 is 0 Å². The lowest BCUT2D eigenvalue weighted by molar-refractivity contribution is 0.0487. The standard InChI is InChI=1S/C15H29N/c1-12(2)7-14-8-15(9-14)5-6-16(11-15)10-13(3)4/h12-14H,5-11H2,1-4H3. The molecule has 1 spiro atoms. The Bertz CT molecular complexity index is 226. The molecule has 1 saturated heterocycles. The molecule has 0 atom stereocenters. The second kappa shape index (κ2) is 4.68. The molecule has 2 aliphatic rings. The molecule has 1 saturated carbocycles. The van der Waals surface area contributed by atoms with Gasteiger partial charge in [-0.05, 0) is 55.4 Å². The van der Waals surface area contributed by atoms with Crippen LogP contribution < -0.4 is 0 Å². The van der Waals surface area contributed by atoms with Crippen LogP contribution in [0.3, 0.4) is 0 Å². The van der Waals surface area contributed by atoms with Crippen LogP contribution >= 0.6 is 0 Å². The maximum Gasteiger partial charge on any atom is 0.00388 e. The first-order valence-electron chi connectivity index (χ1n) is 7.21. The predicted octanol–water partition coefficient (Wildman–Crippen LogP) is 3.79. The van der Waals surface area contributed by atoms with E-state index in [1.165, 1.54) is 45.3 Å². The molecule has 0 radical (unpaired) electrons. The number of likely N-dealkylation sites (tertiary alicyclic amines) is 1. The first-order chi connectivity index (χ1) is 7.49. The molecular formula is C15H29N. The number of hydrogen-bond donors (Lipinski definition) is 0. The van der Waals surface area contributed by atoms with E-state index in [9.17, 15) is 0 Å². The Kier molecular flexibility index (Phi) is 3.63. The molecule has 0 aromatic rings. The third-order valence-corrected chi connectivity index (χ3v) is 4.39. The second-order valence-corrected chi connectivity index (χ2v) is 7.28. The van der Waals surface area contributed by atoms with E-state index in [1.54, 1.807) is 0 Å². The summed E-state index contributed by atoms with van der Waals surface area (Å²) in [4.78, 5) is 2.70. The summed E-state index contributed by atoms with van der Waals surface area (Å²) < 4.78 is 0. The molecule has 2 rings (SSSR count). The van der Waals surface area contributed by atoms with Gasteiger partial charge in [0.15, 0.2) is 0 Å². The first kappa shape index (κ1) is 12.4. The summed E-state index contributed by atoms with van der Waals surface area (Å²) in [6.07, 6.45) is 6.00. The third kappa shape index (κ3) is 2.80. The lowest BCUT2D eigenvalue weighted by atomic mass is 9.59. The number of rotatable bonds is 4. The van der Waals surface area contributed by atoms with E-state index in [2.05, 4.69) is 32.6 Å². The molecule has 0 unspecified atom stereocenters. The van der Waals surface area contributed by atoms with Crippen LogP contribution in [-0.2, 0) is 0 Å². The van der Waals surface area contributed by atoms with Crippen molar-refractivity contribution >= 4 is 0 Å². The van der Waals surface area contributed by atoms with Crippen molar-refractivity contribution in [3.05, 3.63) is 0 Å². The highest BCUT2D eigenvalue weighted by atomic mass is 15.2. The molecule has 0 bridgehead atoms. The lowest BCUT2D eigenvalue weighted by Gasteiger charge is -2.46. The summed E-state index contributed by atoms with van der Waals surface area (Å²) >= 11 is 0. The van der Waals surface area contributed by atoms with Crippen LogP contribution in [0.5, 0.6) is 0 Å². The Morgan fingerprint density at radius 2 is 1.81 bits per heavy atom. The number of nitrogens with zero attached hydrogens (tertiary/aromatic N) is 1. The fraction of sp³-hybridized carbons (Fsp3) is 1.00. The minimum Gasteiger partial charge on any atom is -0.303 e. The van der Waals surface area contributed by atoms with E-state index >= 15 is 0 Å². The van der Waals surface area contributed by atoms with Crippen molar-refractivity contribution in [2.45, 2.75) is 53.4 Å².